The number of urea groups is 1. The molecule has 0 aliphatic rings. The van der Waals surface area contributed by atoms with Crippen LogP contribution in [0.3, 0.4) is 0 Å². The standard InChI is InChI=1S/C21H14BrF6N3O.C2HF3O2/c22-14-3-1-4-15(11-14)30-19(32)31-17(12-6-8-13(9-7-12)20(23,24)25)18-16(21(26,27)28)5-2-10-29-18;3-2(4,5)1(6)7/h1-11,17H,(H2,30,31,32);(H,6,7)/t17-;/m0./s1. The molecule has 16 heteroatoms. The molecule has 2 amide bonds. The summed E-state index contributed by atoms with van der Waals surface area (Å²) in [7, 11) is 0. The Labute approximate surface area is 222 Å². The maximum absolute atomic E-state index is 13.6. The van der Waals surface area contributed by atoms with Gasteiger partial charge in [0.15, 0.2) is 0 Å². The van der Waals surface area contributed by atoms with Gasteiger partial charge in [0.05, 0.1) is 22.9 Å². The maximum Gasteiger partial charge on any atom is 0.490 e. The summed E-state index contributed by atoms with van der Waals surface area (Å²) in [4.78, 5) is 25.2. The third-order valence-corrected chi connectivity index (χ3v) is 5.08. The predicted molar refractivity (Wildman–Crippen MR) is 123 cm³/mol. The molecule has 6 nitrogen and oxygen atoms in total. The lowest BCUT2D eigenvalue weighted by molar-refractivity contribution is -0.192. The number of hydrogen-bond donors (Lipinski definition) is 3. The number of carboxylic acid groups (broad SMARTS) is 1. The summed E-state index contributed by atoms with van der Waals surface area (Å²) in [5.74, 6) is -2.76. The number of aromatic nitrogens is 1. The number of alkyl halides is 9. The van der Waals surface area contributed by atoms with Gasteiger partial charge in [0.25, 0.3) is 0 Å². The Kier molecular flexibility index (Phi) is 9.95. The van der Waals surface area contributed by atoms with E-state index in [0.717, 1.165) is 42.6 Å². The number of carbonyl (C=O) groups excluding carboxylic acids is 1. The number of nitrogens with zero attached hydrogens (tertiary/aromatic N) is 1. The van der Waals surface area contributed by atoms with Gasteiger partial charge in [-0.1, -0.05) is 34.1 Å². The lowest BCUT2D eigenvalue weighted by atomic mass is 9.98. The van der Waals surface area contributed by atoms with E-state index in [1.165, 1.54) is 0 Å². The summed E-state index contributed by atoms with van der Waals surface area (Å²) >= 11 is 3.23. The maximum atomic E-state index is 13.6. The first-order valence-electron chi connectivity index (χ1n) is 10.2. The van der Waals surface area contributed by atoms with E-state index in [-0.39, 0.29) is 5.56 Å². The van der Waals surface area contributed by atoms with E-state index < -0.39 is 53.4 Å². The largest absolute Gasteiger partial charge is 0.490 e. The van der Waals surface area contributed by atoms with Gasteiger partial charge in [-0.3, -0.25) is 4.98 Å². The van der Waals surface area contributed by atoms with Gasteiger partial charge < -0.3 is 15.7 Å². The molecule has 0 aliphatic carbocycles. The van der Waals surface area contributed by atoms with Crippen LogP contribution in [0, 0.1) is 0 Å². The Bertz CT molecular complexity index is 1290. The van der Waals surface area contributed by atoms with Crippen LogP contribution in [0.4, 0.5) is 50.0 Å². The second kappa shape index (κ2) is 12.4. The molecule has 2 aromatic carbocycles. The van der Waals surface area contributed by atoms with Crippen molar-refractivity contribution in [3.8, 4) is 0 Å². The molecule has 0 unspecified atom stereocenters. The average molecular weight is 632 g/mol. The average Bonchev–Trinajstić information content (AvgIpc) is 2.81. The number of nitrogens with one attached hydrogen (secondary N) is 2. The molecule has 0 fully saturated rings. The fraction of sp³-hybridized carbons (Fsp3) is 0.174. The second-order valence-corrected chi connectivity index (χ2v) is 8.31. The number of anilines is 1. The third-order valence-electron chi connectivity index (χ3n) is 4.59. The van der Waals surface area contributed by atoms with Crippen molar-refractivity contribution in [3.63, 3.8) is 0 Å². The van der Waals surface area contributed by atoms with Crippen molar-refractivity contribution < 1.29 is 54.2 Å². The highest BCUT2D eigenvalue weighted by molar-refractivity contribution is 9.10. The van der Waals surface area contributed by atoms with Crippen LogP contribution in [-0.2, 0) is 17.1 Å². The van der Waals surface area contributed by atoms with Gasteiger partial charge in [-0.05, 0) is 48.0 Å². The van der Waals surface area contributed by atoms with Crippen molar-refractivity contribution in [1.29, 1.82) is 0 Å². The number of amides is 2. The highest BCUT2D eigenvalue weighted by atomic mass is 79.9. The molecule has 0 aliphatic heterocycles. The molecular formula is C23H15BrF9N3O3. The van der Waals surface area contributed by atoms with Crippen LogP contribution < -0.4 is 10.6 Å². The third kappa shape index (κ3) is 9.46. The minimum absolute atomic E-state index is 0.00778. The normalized spacial score (nSPS) is 12.6. The van der Waals surface area contributed by atoms with Crippen molar-refractivity contribution in [2.45, 2.75) is 24.6 Å². The quantitative estimate of drug-likeness (QED) is 0.261. The fourth-order valence-electron chi connectivity index (χ4n) is 2.93. The Morgan fingerprint density at radius 2 is 1.44 bits per heavy atom. The number of hydrogen-bond acceptors (Lipinski definition) is 3. The SMILES string of the molecule is O=C(Nc1cccc(Br)c1)N[C@@H](c1ccc(C(F)(F)F)cc1)c1ncccc1C(F)(F)F.O=C(O)C(F)(F)F. The van der Waals surface area contributed by atoms with Crippen molar-refractivity contribution in [2.75, 3.05) is 5.32 Å². The fourth-order valence-corrected chi connectivity index (χ4v) is 3.33. The molecule has 3 N–H and O–H groups in total. The number of carbonyl (C=O) groups is 2. The summed E-state index contributed by atoms with van der Waals surface area (Å²) in [6, 6.07) is 9.45. The van der Waals surface area contributed by atoms with E-state index >= 15 is 0 Å². The van der Waals surface area contributed by atoms with E-state index in [1.54, 1.807) is 24.3 Å². The van der Waals surface area contributed by atoms with Gasteiger partial charge in [-0.15, -0.1) is 0 Å². The van der Waals surface area contributed by atoms with Crippen LogP contribution in [0.1, 0.15) is 28.4 Å². The number of carboxylic acids is 1. The molecule has 0 saturated carbocycles. The zero-order valence-electron chi connectivity index (χ0n) is 18.9. The zero-order chi connectivity index (χ0) is 29.6. The molecule has 39 heavy (non-hydrogen) atoms. The molecule has 3 rings (SSSR count). The van der Waals surface area contributed by atoms with E-state index in [0.29, 0.717) is 10.2 Å². The lowest BCUT2D eigenvalue weighted by Gasteiger charge is -2.23. The lowest BCUT2D eigenvalue weighted by Crippen LogP contribution is -2.35. The van der Waals surface area contributed by atoms with Gasteiger partial charge >= 0.3 is 30.5 Å². The van der Waals surface area contributed by atoms with Gasteiger partial charge in [0, 0.05) is 16.4 Å². The van der Waals surface area contributed by atoms with E-state index in [4.69, 9.17) is 9.90 Å². The van der Waals surface area contributed by atoms with Gasteiger partial charge in [-0.25, -0.2) is 9.59 Å². The monoisotopic (exact) mass is 631 g/mol. The van der Waals surface area contributed by atoms with Crippen LogP contribution in [-0.4, -0.2) is 28.3 Å². The molecular weight excluding hydrogens is 617 g/mol. The minimum Gasteiger partial charge on any atom is -0.475 e. The topological polar surface area (TPSA) is 91.3 Å². The first-order chi connectivity index (χ1) is 17.9. The number of halogens is 10. The van der Waals surface area contributed by atoms with Crippen molar-refractivity contribution in [1.82, 2.24) is 10.3 Å². The molecule has 3 aromatic rings. The highest BCUT2D eigenvalue weighted by Crippen LogP contribution is 2.36. The molecule has 1 heterocycles. The highest BCUT2D eigenvalue weighted by Gasteiger charge is 2.39. The minimum atomic E-state index is -5.08. The first-order valence-corrected chi connectivity index (χ1v) is 11.0. The van der Waals surface area contributed by atoms with E-state index in [1.807, 2.05) is 0 Å². The van der Waals surface area contributed by atoms with Crippen LogP contribution >= 0.6 is 15.9 Å². The van der Waals surface area contributed by atoms with Crippen LogP contribution in [0.25, 0.3) is 0 Å². The van der Waals surface area contributed by atoms with Crippen LogP contribution in [0.5, 0.6) is 0 Å². The number of aliphatic carboxylic acids is 1. The Morgan fingerprint density at radius 3 is 1.92 bits per heavy atom. The smallest absolute Gasteiger partial charge is 0.475 e. The zero-order valence-corrected chi connectivity index (χ0v) is 20.5. The first kappa shape index (κ1) is 31.4. The molecule has 1 atom stereocenters. The predicted octanol–water partition coefficient (Wildman–Crippen LogP) is 7.43. The summed E-state index contributed by atoms with van der Waals surface area (Å²) in [6.07, 6.45) is -13.4. The summed E-state index contributed by atoms with van der Waals surface area (Å²) in [5, 5.41) is 12.0. The van der Waals surface area contributed by atoms with Crippen molar-refractivity contribution >= 4 is 33.6 Å². The summed E-state index contributed by atoms with van der Waals surface area (Å²) in [5.41, 5.74) is -2.31. The van der Waals surface area contributed by atoms with Gasteiger partial charge in [0.1, 0.15) is 0 Å². The second-order valence-electron chi connectivity index (χ2n) is 7.40. The molecule has 1 aromatic heterocycles. The Hall–Kier alpha value is -3.82. The molecule has 0 radical (unpaired) electrons. The molecule has 0 bridgehead atoms. The van der Waals surface area contributed by atoms with Crippen molar-refractivity contribution in [3.05, 3.63) is 93.7 Å². The van der Waals surface area contributed by atoms with Gasteiger partial charge in [0.2, 0.25) is 0 Å². The van der Waals surface area contributed by atoms with Crippen LogP contribution in [0.2, 0.25) is 0 Å². The van der Waals surface area contributed by atoms with Gasteiger partial charge in [-0.2, -0.15) is 39.5 Å². The molecule has 210 valence electrons. The van der Waals surface area contributed by atoms with E-state index in [2.05, 4.69) is 31.5 Å². The number of pyridine rings is 1. The number of benzene rings is 2. The Balaban J connectivity index is 0.000000673. The molecule has 0 saturated heterocycles. The molecule has 0 spiro atoms. The number of rotatable bonds is 4. The summed E-state index contributed by atoms with van der Waals surface area (Å²) in [6.45, 7) is 0. The van der Waals surface area contributed by atoms with Crippen molar-refractivity contribution in [2.24, 2.45) is 0 Å². The van der Waals surface area contributed by atoms with Crippen LogP contribution in [0.15, 0.2) is 71.3 Å². The summed E-state index contributed by atoms with van der Waals surface area (Å²) < 4.78 is 112. The Morgan fingerprint density at radius 1 is 0.846 bits per heavy atom. The van der Waals surface area contributed by atoms with E-state index in [9.17, 15) is 44.3 Å².